The molecule has 2 N–H and O–H groups in total. The lowest BCUT2D eigenvalue weighted by atomic mass is 10.4. The number of nitrogens with zero attached hydrogens (tertiary/aromatic N) is 1. The van der Waals surface area contributed by atoms with Gasteiger partial charge in [0.15, 0.2) is 0 Å². The third-order valence-electron chi connectivity index (χ3n) is 2.18. The van der Waals surface area contributed by atoms with Crippen LogP contribution in [0, 0.1) is 0 Å². The van der Waals surface area contributed by atoms with Crippen LogP contribution in [0.2, 0.25) is 0 Å². The van der Waals surface area contributed by atoms with E-state index in [1.165, 1.54) is 11.0 Å². The van der Waals surface area contributed by atoms with Gasteiger partial charge in [0, 0.05) is 5.69 Å². The van der Waals surface area contributed by atoms with Gasteiger partial charge in [0.2, 0.25) is 0 Å². The Bertz CT molecular complexity index is 399. The van der Waals surface area contributed by atoms with E-state index in [1.54, 1.807) is 6.07 Å². The van der Waals surface area contributed by atoms with Gasteiger partial charge in [0.25, 0.3) is 0 Å². The molecule has 1 fully saturated rings. The van der Waals surface area contributed by atoms with Crippen LogP contribution in [0.25, 0.3) is 0 Å². The summed E-state index contributed by atoms with van der Waals surface area (Å²) in [4.78, 5) is 25.9. The monoisotopic (exact) mass is 210 g/mol. The number of cyclic esters (lactones) is 1. The molecule has 0 bridgehead atoms. The van der Waals surface area contributed by atoms with Crippen molar-refractivity contribution in [3.05, 3.63) is 23.5 Å². The van der Waals surface area contributed by atoms with E-state index in [0.717, 1.165) is 0 Å². The Hall–Kier alpha value is -1.98. The highest BCUT2D eigenvalue weighted by molar-refractivity contribution is 5.85. The fraction of sp³-hybridized carbons (Fsp3) is 0.333. The normalized spacial score (nSPS) is 15.5. The maximum Gasteiger partial charge on any atom is 0.410 e. The van der Waals surface area contributed by atoms with Gasteiger partial charge in [-0.3, -0.25) is 4.90 Å². The van der Waals surface area contributed by atoms with Crippen LogP contribution in [0.4, 0.5) is 4.79 Å². The summed E-state index contributed by atoms with van der Waals surface area (Å²) in [5.41, 5.74) is 0.809. The number of ether oxygens (including phenoxy) is 1. The molecule has 80 valence electrons. The number of carboxylic acid groups (broad SMARTS) is 1. The van der Waals surface area contributed by atoms with Gasteiger partial charge in [-0.05, 0) is 12.1 Å². The quantitative estimate of drug-likeness (QED) is 0.767. The maximum absolute atomic E-state index is 11.1. The minimum Gasteiger partial charge on any atom is -0.477 e. The van der Waals surface area contributed by atoms with E-state index < -0.39 is 5.97 Å². The lowest BCUT2D eigenvalue weighted by Crippen LogP contribution is -2.23. The minimum atomic E-state index is -1.01. The van der Waals surface area contributed by atoms with Crippen molar-refractivity contribution in [3.63, 3.8) is 0 Å². The van der Waals surface area contributed by atoms with Crippen LogP contribution in [0.3, 0.4) is 0 Å². The molecule has 1 aliphatic rings. The van der Waals surface area contributed by atoms with Crippen molar-refractivity contribution in [1.29, 1.82) is 0 Å². The van der Waals surface area contributed by atoms with Crippen LogP contribution in [0.5, 0.6) is 0 Å². The van der Waals surface area contributed by atoms with E-state index in [0.29, 0.717) is 25.4 Å². The number of hydrogen-bond donors (Lipinski definition) is 2. The minimum absolute atomic E-state index is 0.123. The van der Waals surface area contributed by atoms with E-state index in [2.05, 4.69) is 4.98 Å². The number of rotatable bonds is 3. The second-order valence-electron chi connectivity index (χ2n) is 3.24. The molecule has 0 saturated carbocycles. The van der Waals surface area contributed by atoms with Gasteiger partial charge in [-0.2, -0.15) is 0 Å². The highest BCUT2D eigenvalue weighted by Crippen LogP contribution is 2.10. The molecule has 1 aromatic rings. The number of aromatic nitrogens is 1. The van der Waals surface area contributed by atoms with E-state index in [4.69, 9.17) is 9.84 Å². The molecule has 6 nitrogen and oxygen atoms in total. The van der Waals surface area contributed by atoms with Crippen molar-refractivity contribution >= 4 is 12.1 Å². The number of aromatic amines is 1. The summed E-state index contributed by atoms with van der Waals surface area (Å²) >= 11 is 0. The summed E-state index contributed by atoms with van der Waals surface area (Å²) < 4.78 is 4.75. The van der Waals surface area contributed by atoms with Crippen molar-refractivity contribution in [1.82, 2.24) is 9.88 Å². The molecule has 0 spiro atoms. The smallest absolute Gasteiger partial charge is 0.410 e. The molecule has 6 heteroatoms. The van der Waals surface area contributed by atoms with Crippen LogP contribution in [0.15, 0.2) is 12.1 Å². The fourth-order valence-electron chi connectivity index (χ4n) is 1.43. The molecule has 1 amide bonds. The number of carbonyl (C=O) groups is 2. The molecule has 1 aliphatic heterocycles. The summed E-state index contributed by atoms with van der Waals surface area (Å²) in [6.45, 7) is 1.29. The van der Waals surface area contributed by atoms with E-state index in [1.807, 2.05) is 0 Å². The average Bonchev–Trinajstić information content (AvgIpc) is 2.77. The van der Waals surface area contributed by atoms with Crippen molar-refractivity contribution in [3.8, 4) is 0 Å². The highest BCUT2D eigenvalue weighted by Gasteiger charge is 2.22. The Kier molecular flexibility index (Phi) is 2.32. The van der Waals surface area contributed by atoms with Gasteiger partial charge >= 0.3 is 12.1 Å². The van der Waals surface area contributed by atoms with Crippen LogP contribution in [0.1, 0.15) is 16.2 Å². The molecule has 1 aromatic heterocycles. The zero-order valence-corrected chi connectivity index (χ0v) is 7.90. The largest absolute Gasteiger partial charge is 0.477 e. The zero-order valence-electron chi connectivity index (χ0n) is 7.90. The van der Waals surface area contributed by atoms with Crippen molar-refractivity contribution in [2.45, 2.75) is 6.54 Å². The van der Waals surface area contributed by atoms with Crippen LogP contribution >= 0.6 is 0 Å². The molecule has 0 unspecified atom stereocenters. The second kappa shape index (κ2) is 3.64. The molecule has 15 heavy (non-hydrogen) atoms. The van der Waals surface area contributed by atoms with Crippen molar-refractivity contribution < 1.29 is 19.4 Å². The summed E-state index contributed by atoms with van der Waals surface area (Å²) in [7, 11) is 0. The van der Waals surface area contributed by atoms with E-state index >= 15 is 0 Å². The number of nitrogens with one attached hydrogen (secondary N) is 1. The first-order valence-electron chi connectivity index (χ1n) is 4.49. The lowest BCUT2D eigenvalue weighted by Gasteiger charge is -2.10. The Morgan fingerprint density at radius 3 is 2.93 bits per heavy atom. The Labute approximate surface area is 85.5 Å². The van der Waals surface area contributed by atoms with Crippen LogP contribution in [-0.2, 0) is 11.3 Å². The predicted molar refractivity (Wildman–Crippen MR) is 49.5 cm³/mol. The first kappa shape index (κ1) is 9.57. The Morgan fingerprint density at radius 1 is 1.60 bits per heavy atom. The molecular formula is C9H10N2O4. The van der Waals surface area contributed by atoms with E-state index in [9.17, 15) is 9.59 Å². The van der Waals surface area contributed by atoms with Gasteiger partial charge in [0.1, 0.15) is 12.3 Å². The first-order chi connectivity index (χ1) is 7.16. The first-order valence-corrected chi connectivity index (χ1v) is 4.49. The van der Waals surface area contributed by atoms with Gasteiger partial charge < -0.3 is 14.8 Å². The predicted octanol–water partition coefficient (Wildman–Crippen LogP) is 0.665. The van der Waals surface area contributed by atoms with Crippen LogP contribution in [-0.4, -0.2) is 40.2 Å². The van der Waals surface area contributed by atoms with Gasteiger partial charge in [0.05, 0.1) is 13.1 Å². The lowest BCUT2D eigenvalue weighted by molar-refractivity contribution is 0.0691. The Balaban J connectivity index is 2.04. The van der Waals surface area contributed by atoms with Gasteiger partial charge in [-0.15, -0.1) is 0 Å². The summed E-state index contributed by atoms with van der Waals surface area (Å²) in [5.74, 6) is -1.01. The van der Waals surface area contributed by atoms with Crippen LogP contribution < -0.4 is 0 Å². The molecule has 0 radical (unpaired) electrons. The molecule has 2 rings (SSSR count). The molecular weight excluding hydrogens is 200 g/mol. The Morgan fingerprint density at radius 2 is 2.40 bits per heavy atom. The highest BCUT2D eigenvalue weighted by atomic mass is 16.6. The third-order valence-corrected chi connectivity index (χ3v) is 2.18. The number of H-pyrrole nitrogens is 1. The molecule has 0 atom stereocenters. The third kappa shape index (κ3) is 1.93. The standard InChI is InChI=1S/C9H10N2O4/c12-8(13)7-2-1-6(10-7)5-11-3-4-15-9(11)14/h1-2,10H,3-5H2,(H,12,13). The molecule has 0 aromatic carbocycles. The number of carboxylic acids is 1. The topological polar surface area (TPSA) is 82.6 Å². The zero-order chi connectivity index (χ0) is 10.8. The molecule has 0 aliphatic carbocycles. The average molecular weight is 210 g/mol. The van der Waals surface area contributed by atoms with Gasteiger partial charge in [-0.1, -0.05) is 0 Å². The number of carbonyl (C=O) groups excluding carboxylic acids is 1. The molecule has 1 saturated heterocycles. The molecule has 2 heterocycles. The van der Waals surface area contributed by atoms with Crippen molar-refractivity contribution in [2.75, 3.05) is 13.2 Å². The van der Waals surface area contributed by atoms with E-state index in [-0.39, 0.29) is 11.8 Å². The fourth-order valence-corrected chi connectivity index (χ4v) is 1.43. The summed E-state index contributed by atoms with van der Waals surface area (Å²) in [5, 5.41) is 8.67. The summed E-state index contributed by atoms with van der Waals surface area (Å²) in [6, 6.07) is 3.12. The number of amides is 1. The number of hydrogen-bond acceptors (Lipinski definition) is 3. The van der Waals surface area contributed by atoms with Crippen molar-refractivity contribution in [2.24, 2.45) is 0 Å². The SMILES string of the molecule is O=C(O)c1ccc(CN2CCOC2=O)[nH]1. The number of aromatic carboxylic acids is 1. The maximum atomic E-state index is 11.1. The summed E-state index contributed by atoms with van der Waals surface area (Å²) in [6.07, 6.45) is -0.360. The van der Waals surface area contributed by atoms with Gasteiger partial charge in [-0.25, -0.2) is 9.59 Å². The second-order valence-corrected chi connectivity index (χ2v) is 3.24.